The van der Waals surface area contributed by atoms with Gasteiger partial charge in [0, 0.05) is 18.1 Å². The van der Waals surface area contributed by atoms with Gasteiger partial charge in [-0.25, -0.2) is 14.6 Å². The number of allylic oxidation sites excluding steroid dienone is 1. The van der Waals surface area contributed by atoms with Crippen LogP contribution in [-0.4, -0.2) is 54.5 Å². The number of amides is 2. The fourth-order valence-corrected chi connectivity index (χ4v) is 4.08. The van der Waals surface area contributed by atoms with Crippen molar-refractivity contribution in [2.24, 2.45) is 0 Å². The Bertz CT molecular complexity index is 1430. The van der Waals surface area contributed by atoms with Crippen molar-refractivity contribution in [3.63, 3.8) is 0 Å². The van der Waals surface area contributed by atoms with Gasteiger partial charge in [0.15, 0.2) is 16.9 Å². The van der Waals surface area contributed by atoms with Crippen molar-refractivity contribution >= 4 is 57.4 Å². The van der Waals surface area contributed by atoms with Crippen LogP contribution in [0.25, 0.3) is 22.1 Å². The first-order valence-corrected chi connectivity index (χ1v) is 10.6. The number of nitrogens with two attached hydrogens (primary N) is 1. The van der Waals surface area contributed by atoms with Crippen molar-refractivity contribution < 1.29 is 14.0 Å². The van der Waals surface area contributed by atoms with Gasteiger partial charge in [-0.3, -0.25) is 14.9 Å². The summed E-state index contributed by atoms with van der Waals surface area (Å²) in [5.74, 6) is -0.516. The van der Waals surface area contributed by atoms with E-state index in [9.17, 15) is 9.59 Å². The predicted octanol–water partition coefficient (Wildman–Crippen LogP) is 2.80. The van der Waals surface area contributed by atoms with Crippen LogP contribution in [0.2, 0.25) is 5.02 Å². The number of aromatic nitrogens is 5. The van der Waals surface area contributed by atoms with Gasteiger partial charge in [0.2, 0.25) is 5.91 Å². The van der Waals surface area contributed by atoms with Gasteiger partial charge >= 0.3 is 6.01 Å². The summed E-state index contributed by atoms with van der Waals surface area (Å²) in [6.45, 7) is 2.81. The van der Waals surface area contributed by atoms with E-state index in [1.54, 1.807) is 40.8 Å². The molecule has 0 radical (unpaired) electrons. The van der Waals surface area contributed by atoms with Gasteiger partial charge in [-0.15, -0.1) is 0 Å². The van der Waals surface area contributed by atoms with E-state index in [1.165, 1.54) is 12.4 Å². The molecule has 1 unspecified atom stereocenters. The summed E-state index contributed by atoms with van der Waals surface area (Å²) in [4.78, 5) is 39.6. The molecular weight excluding hydrogens is 448 g/mol. The standard InChI is InChI=1S/C21H19ClN8O3/c1-2-3-15(31)29-7-6-12(9-29)30-19-16(18(23)24-10-25-19)17(28-30)20(32)27-21-26-13-8-11(22)4-5-14(13)33-21/h2-5,8,10,12H,6-7,9H2,1H3,(H2,23,24,25)(H,26,27,32)/b3-2+. The van der Waals surface area contributed by atoms with Crippen LogP contribution in [0.3, 0.4) is 0 Å². The van der Waals surface area contributed by atoms with Crippen molar-refractivity contribution in [2.45, 2.75) is 19.4 Å². The number of carbonyl (C=O) groups is 2. The van der Waals surface area contributed by atoms with Crippen molar-refractivity contribution in [3.8, 4) is 0 Å². The number of anilines is 2. The summed E-state index contributed by atoms with van der Waals surface area (Å²) < 4.78 is 7.21. The number of halogens is 1. The Morgan fingerprint density at radius 3 is 3.00 bits per heavy atom. The van der Waals surface area contributed by atoms with Crippen LogP contribution in [-0.2, 0) is 4.79 Å². The lowest BCUT2D eigenvalue weighted by Crippen LogP contribution is -2.27. The highest BCUT2D eigenvalue weighted by molar-refractivity contribution is 6.31. The number of nitrogens with one attached hydrogen (secondary N) is 1. The number of hydrogen-bond acceptors (Lipinski definition) is 8. The average molecular weight is 467 g/mol. The van der Waals surface area contributed by atoms with E-state index in [2.05, 4.69) is 25.4 Å². The van der Waals surface area contributed by atoms with Crippen molar-refractivity contribution in [2.75, 3.05) is 24.1 Å². The van der Waals surface area contributed by atoms with Crippen LogP contribution in [0.4, 0.5) is 11.8 Å². The quantitative estimate of drug-likeness (QED) is 0.436. The number of rotatable bonds is 4. The average Bonchev–Trinajstić information content (AvgIpc) is 3.50. The van der Waals surface area contributed by atoms with Gasteiger partial charge in [0.05, 0.1) is 11.4 Å². The van der Waals surface area contributed by atoms with Gasteiger partial charge in [-0.2, -0.15) is 10.1 Å². The van der Waals surface area contributed by atoms with Crippen LogP contribution < -0.4 is 11.1 Å². The number of benzene rings is 1. The van der Waals surface area contributed by atoms with Gasteiger partial charge in [0.25, 0.3) is 5.91 Å². The van der Waals surface area contributed by atoms with E-state index < -0.39 is 5.91 Å². The molecule has 1 aromatic carbocycles. The van der Waals surface area contributed by atoms with Crippen LogP contribution in [0, 0.1) is 0 Å². The molecule has 0 aliphatic carbocycles. The summed E-state index contributed by atoms with van der Waals surface area (Å²) in [6.07, 6.45) is 5.21. The molecule has 3 N–H and O–H groups in total. The van der Waals surface area contributed by atoms with Gasteiger partial charge in [-0.05, 0) is 37.6 Å². The molecular formula is C21H19ClN8O3. The maximum Gasteiger partial charge on any atom is 0.302 e. The molecule has 168 valence electrons. The van der Waals surface area contributed by atoms with Gasteiger partial charge < -0.3 is 15.1 Å². The topological polar surface area (TPSA) is 145 Å². The third kappa shape index (κ3) is 3.76. The fraction of sp³-hybridized carbons (Fsp3) is 0.238. The minimum Gasteiger partial charge on any atom is -0.423 e. The van der Waals surface area contributed by atoms with Gasteiger partial charge in [-0.1, -0.05) is 17.7 Å². The Hall–Kier alpha value is -3.99. The number of fused-ring (bicyclic) bond motifs is 2. The number of nitrogen functional groups attached to an aromatic ring is 1. The molecule has 2 amide bonds. The second kappa shape index (κ2) is 8.17. The first kappa shape index (κ1) is 20.9. The predicted molar refractivity (Wildman–Crippen MR) is 122 cm³/mol. The Labute approximate surface area is 192 Å². The summed E-state index contributed by atoms with van der Waals surface area (Å²) in [5.41, 5.74) is 7.53. The van der Waals surface area contributed by atoms with Crippen molar-refractivity contribution in [1.29, 1.82) is 0 Å². The molecule has 0 bridgehead atoms. The van der Waals surface area contributed by atoms with E-state index in [0.717, 1.165) is 0 Å². The normalized spacial score (nSPS) is 16.3. The molecule has 1 saturated heterocycles. The lowest BCUT2D eigenvalue weighted by molar-refractivity contribution is -0.125. The molecule has 1 atom stereocenters. The molecule has 11 nitrogen and oxygen atoms in total. The van der Waals surface area contributed by atoms with E-state index in [-0.39, 0.29) is 29.5 Å². The van der Waals surface area contributed by atoms with Crippen molar-refractivity contribution in [3.05, 3.63) is 47.4 Å². The Kier molecular flexibility index (Phi) is 5.17. The molecule has 12 heteroatoms. The van der Waals surface area contributed by atoms with Crippen LogP contribution in [0.15, 0.2) is 41.1 Å². The third-order valence-corrected chi connectivity index (χ3v) is 5.67. The van der Waals surface area contributed by atoms with Gasteiger partial charge in [0.1, 0.15) is 17.7 Å². The molecule has 4 heterocycles. The molecule has 0 spiro atoms. The smallest absolute Gasteiger partial charge is 0.302 e. The maximum absolute atomic E-state index is 13.1. The lowest BCUT2D eigenvalue weighted by Gasteiger charge is -2.14. The SMILES string of the molecule is C/C=C/C(=O)N1CCC(n2nc(C(=O)Nc3nc4cc(Cl)ccc4o3)c3c(N)ncnc32)C1. The minimum absolute atomic E-state index is 0.000575. The largest absolute Gasteiger partial charge is 0.423 e. The highest BCUT2D eigenvalue weighted by atomic mass is 35.5. The molecule has 4 aromatic rings. The highest BCUT2D eigenvalue weighted by Crippen LogP contribution is 2.29. The van der Waals surface area contributed by atoms with Crippen LogP contribution >= 0.6 is 11.6 Å². The Morgan fingerprint density at radius 1 is 1.33 bits per heavy atom. The molecule has 1 aliphatic rings. The first-order chi connectivity index (χ1) is 15.9. The van der Waals surface area contributed by atoms with Crippen molar-refractivity contribution in [1.82, 2.24) is 29.6 Å². The first-order valence-electron chi connectivity index (χ1n) is 10.2. The van der Waals surface area contributed by atoms with Crippen LogP contribution in [0.5, 0.6) is 0 Å². The third-order valence-electron chi connectivity index (χ3n) is 5.43. The molecule has 0 saturated carbocycles. The second-order valence-electron chi connectivity index (χ2n) is 7.56. The zero-order valence-corrected chi connectivity index (χ0v) is 18.3. The number of hydrogen-bond donors (Lipinski definition) is 2. The number of nitrogens with zero attached hydrogens (tertiary/aromatic N) is 6. The molecule has 5 rings (SSSR count). The molecule has 1 fully saturated rings. The summed E-state index contributed by atoms with van der Waals surface area (Å²) in [6, 6.07) is 4.80. The lowest BCUT2D eigenvalue weighted by atomic mass is 10.2. The summed E-state index contributed by atoms with van der Waals surface area (Å²) in [5, 5.41) is 7.95. The molecule has 1 aliphatic heterocycles. The van der Waals surface area contributed by atoms with E-state index in [1.807, 2.05) is 0 Å². The summed E-state index contributed by atoms with van der Waals surface area (Å²) >= 11 is 5.99. The number of carbonyl (C=O) groups excluding carboxylic acids is 2. The maximum atomic E-state index is 13.1. The van der Waals surface area contributed by atoms with E-state index in [0.29, 0.717) is 46.7 Å². The van der Waals surface area contributed by atoms with E-state index in [4.69, 9.17) is 21.8 Å². The number of likely N-dealkylation sites (tertiary alicyclic amines) is 1. The minimum atomic E-state index is -0.572. The zero-order valence-electron chi connectivity index (χ0n) is 17.5. The Balaban J connectivity index is 1.48. The Morgan fingerprint density at radius 2 is 2.18 bits per heavy atom. The highest BCUT2D eigenvalue weighted by Gasteiger charge is 2.31. The zero-order chi connectivity index (χ0) is 23.1. The van der Waals surface area contributed by atoms with E-state index >= 15 is 0 Å². The number of oxazole rings is 1. The molecule has 33 heavy (non-hydrogen) atoms. The fourth-order valence-electron chi connectivity index (χ4n) is 3.91. The monoisotopic (exact) mass is 466 g/mol. The second-order valence-corrected chi connectivity index (χ2v) is 8.00. The summed E-state index contributed by atoms with van der Waals surface area (Å²) in [7, 11) is 0. The van der Waals surface area contributed by atoms with Crippen LogP contribution in [0.1, 0.15) is 29.9 Å². The molecule has 3 aromatic heterocycles.